The maximum Gasteiger partial charge on any atom is 0.208 e. The highest BCUT2D eigenvalue weighted by atomic mass is 79.9. The van der Waals surface area contributed by atoms with Crippen molar-refractivity contribution in [2.24, 2.45) is 0 Å². The highest BCUT2D eigenvalue weighted by Crippen LogP contribution is 2.13. The molecule has 0 radical (unpaired) electrons. The Labute approximate surface area is 81.7 Å². The lowest BCUT2D eigenvalue weighted by molar-refractivity contribution is 0.340. The van der Waals surface area contributed by atoms with E-state index in [9.17, 15) is 8.42 Å². The molecule has 1 fully saturated rings. The van der Waals surface area contributed by atoms with Crippen molar-refractivity contribution in [1.82, 2.24) is 8.65 Å². The van der Waals surface area contributed by atoms with Crippen LogP contribution in [-0.2, 0) is 10.0 Å². The molecule has 1 saturated heterocycles. The van der Waals surface area contributed by atoms with E-state index in [2.05, 4.69) is 20.9 Å². The van der Waals surface area contributed by atoms with Gasteiger partial charge in [-0.1, -0.05) is 0 Å². The Hall–Kier alpha value is 0.350. The zero-order valence-electron chi connectivity index (χ0n) is 6.96. The maximum atomic E-state index is 10.8. The van der Waals surface area contributed by atoms with Gasteiger partial charge in [0.2, 0.25) is 10.0 Å². The van der Waals surface area contributed by atoms with Crippen molar-refractivity contribution < 1.29 is 8.42 Å². The van der Waals surface area contributed by atoms with Crippen LogP contribution in [0.1, 0.15) is 12.8 Å². The third-order valence-corrected chi connectivity index (χ3v) is 3.29. The Bertz CT molecular complexity index is 234. The minimum atomic E-state index is -3.03. The minimum Gasteiger partial charge on any atom is -0.242 e. The average molecular weight is 257 g/mol. The summed E-state index contributed by atoms with van der Waals surface area (Å²) in [5.74, 6) is 0. The van der Waals surface area contributed by atoms with Gasteiger partial charge >= 0.3 is 0 Å². The Kier molecular flexibility index (Phi) is 3.51. The van der Waals surface area contributed by atoms with Crippen LogP contribution >= 0.6 is 16.1 Å². The van der Waals surface area contributed by atoms with Crippen molar-refractivity contribution in [3.05, 3.63) is 0 Å². The quantitative estimate of drug-likeness (QED) is 0.724. The lowest BCUT2D eigenvalue weighted by atomic mass is 10.1. The first-order valence-electron chi connectivity index (χ1n) is 3.85. The SMILES string of the molecule is CS(=O)(=O)NC1CCN(Br)CC1. The number of hydrogen-bond donors (Lipinski definition) is 1. The van der Waals surface area contributed by atoms with Gasteiger partial charge in [-0.3, -0.25) is 0 Å². The fourth-order valence-corrected chi connectivity index (χ4v) is 2.52. The summed E-state index contributed by atoms with van der Waals surface area (Å²) in [4.78, 5) is 0. The molecule has 1 heterocycles. The first-order valence-corrected chi connectivity index (χ1v) is 6.45. The molecule has 0 aromatic heterocycles. The Morgan fingerprint density at radius 3 is 2.33 bits per heavy atom. The van der Waals surface area contributed by atoms with Gasteiger partial charge < -0.3 is 0 Å². The molecule has 72 valence electrons. The molecule has 0 amide bonds. The third kappa shape index (κ3) is 3.84. The summed E-state index contributed by atoms with van der Waals surface area (Å²) in [5.41, 5.74) is 0. The summed E-state index contributed by atoms with van der Waals surface area (Å²) < 4.78 is 26.3. The number of nitrogens with zero attached hydrogens (tertiary/aromatic N) is 1. The first-order chi connectivity index (χ1) is 5.47. The molecule has 4 nitrogen and oxygen atoms in total. The summed E-state index contributed by atoms with van der Waals surface area (Å²) in [6.45, 7) is 1.79. The lowest BCUT2D eigenvalue weighted by Crippen LogP contribution is -2.41. The second-order valence-electron chi connectivity index (χ2n) is 3.07. The van der Waals surface area contributed by atoms with Crippen molar-refractivity contribution in [1.29, 1.82) is 0 Å². The van der Waals surface area contributed by atoms with Gasteiger partial charge in [-0.05, 0) is 12.8 Å². The molecule has 6 heteroatoms. The van der Waals surface area contributed by atoms with Crippen LogP contribution in [0, 0.1) is 0 Å². The zero-order valence-corrected chi connectivity index (χ0v) is 9.36. The van der Waals surface area contributed by atoms with Gasteiger partial charge in [0.15, 0.2) is 0 Å². The van der Waals surface area contributed by atoms with Crippen molar-refractivity contribution in [3.8, 4) is 0 Å². The molecular weight excluding hydrogens is 244 g/mol. The van der Waals surface area contributed by atoms with E-state index in [1.807, 2.05) is 3.93 Å². The summed E-state index contributed by atoms with van der Waals surface area (Å²) in [7, 11) is -3.03. The van der Waals surface area contributed by atoms with Crippen molar-refractivity contribution in [3.63, 3.8) is 0 Å². The standard InChI is InChI=1S/C6H13BrN2O2S/c1-12(10,11)8-6-2-4-9(7)5-3-6/h6,8H,2-5H2,1H3. The topological polar surface area (TPSA) is 49.4 Å². The summed E-state index contributed by atoms with van der Waals surface area (Å²) >= 11 is 3.35. The molecule has 0 unspecified atom stereocenters. The van der Waals surface area contributed by atoms with E-state index in [-0.39, 0.29) is 6.04 Å². The number of nitrogens with one attached hydrogen (secondary N) is 1. The van der Waals surface area contributed by atoms with Crippen LogP contribution in [0.5, 0.6) is 0 Å². The summed E-state index contributed by atoms with van der Waals surface area (Å²) in [6, 6.07) is 0.119. The molecule has 0 aromatic carbocycles. The second kappa shape index (κ2) is 4.04. The molecule has 1 aliphatic heterocycles. The van der Waals surface area contributed by atoms with Gasteiger partial charge in [-0.15, -0.1) is 0 Å². The molecule has 1 N–H and O–H groups in total. The van der Waals surface area contributed by atoms with Gasteiger partial charge in [0.25, 0.3) is 0 Å². The van der Waals surface area contributed by atoms with E-state index in [0.29, 0.717) is 0 Å². The smallest absolute Gasteiger partial charge is 0.208 e. The Morgan fingerprint density at radius 1 is 1.42 bits per heavy atom. The Balaban J connectivity index is 2.36. The van der Waals surface area contributed by atoms with Gasteiger partial charge in [-0.2, -0.15) is 0 Å². The van der Waals surface area contributed by atoms with Crippen LogP contribution in [-0.4, -0.2) is 37.7 Å². The molecule has 0 saturated carbocycles. The number of rotatable bonds is 2. The van der Waals surface area contributed by atoms with Gasteiger partial charge in [-0.25, -0.2) is 17.1 Å². The highest BCUT2D eigenvalue weighted by Gasteiger charge is 2.19. The van der Waals surface area contributed by atoms with Crippen LogP contribution in [0.3, 0.4) is 0 Å². The van der Waals surface area contributed by atoms with E-state index in [0.717, 1.165) is 25.9 Å². The molecule has 1 rings (SSSR count). The first kappa shape index (κ1) is 10.4. The summed E-state index contributed by atoms with van der Waals surface area (Å²) in [6.07, 6.45) is 2.95. The largest absolute Gasteiger partial charge is 0.242 e. The maximum absolute atomic E-state index is 10.8. The molecule has 0 aliphatic carbocycles. The number of halogens is 1. The van der Waals surface area contributed by atoms with E-state index in [4.69, 9.17) is 0 Å². The van der Waals surface area contributed by atoms with Crippen LogP contribution in [0.4, 0.5) is 0 Å². The molecule has 0 atom stereocenters. The fraction of sp³-hybridized carbons (Fsp3) is 1.00. The number of hydrogen-bond acceptors (Lipinski definition) is 3. The predicted molar refractivity (Wildman–Crippen MR) is 51.5 cm³/mol. The van der Waals surface area contributed by atoms with Crippen molar-refractivity contribution in [2.75, 3.05) is 19.3 Å². The molecule has 12 heavy (non-hydrogen) atoms. The molecular formula is C6H13BrN2O2S. The zero-order chi connectivity index (χ0) is 9.19. The van der Waals surface area contributed by atoms with E-state index in [1.54, 1.807) is 0 Å². The van der Waals surface area contributed by atoms with Crippen LogP contribution < -0.4 is 4.72 Å². The van der Waals surface area contributed by atoms with Gasteiger partial charge in [0.1, 0.15) is 0 Å². The highest BCUT2D eigenvalue weighted by molar-refractivity contribution is 9.07. The molecule has 1 aliphatic rings. The predicted octanol–water partition coefficient (Wildman–Crippen LogP) is 0.310. The Morgan fingerprint density at radius 2 is 1.92 bits per heavy atom. The van der Waals surface area contributed by atoms with Gasteiger partial charge in [0.05, 0.1) is 6.26 Å². The lowest BCUT2D eigenvalue weighted by Gasteiger charge is -2.27. The molecule has 0 spiro atoms. The van der Waals surface area contributed by atoms with Crippen molar-refractivity contribution >= 4 is 26.2 Å². The number of piperidine rings is 1. The minimum absolute atomic E-state index is 0.119. The fourth-order valence-electron chi connectivity index (χ4n) is 1.27. The average Bonchev–Trinajstić information content (AvgIpc) is 1.91. The van der Waals surface area contributed by atoms with E-state index in [1.165, 1.54) is 6.26 Å². The van der Waals surface area contributed by atoms with Crippen molar-refractivity contribution in [2.45, 2.75) is 18.9 Å². The second-order valence-corrected chi connectivity index (χ2v) is 5.86. The van der Waals surface area contributed by atoms with E-state index >= 15 is 0 Å². The molecule has 0 bridgehead atoms. The monoisotopic (exact) mass is 256 g/mol. The summed E-state index contributed by atoms with van der Waals surface area (Å²) in [5, 5.41) is 0. The number of sulfonamides is 1. The third-order valence-electron chi connectivity index (χ3n) is 1.82. The normalized spacial score (nSPS) is 22.8. The van der Waals surface area contributed by atoms with E-state index < -0.39 is 10.0 Å². The van der Waals surface area contributed by atoms with Crippen LogP contribution in [0.2, 0.25) is 0 Å². The van der Waals surface area contributed by atoms with Crippen LogP contribution in [0.25, 0.3) is 0 Å². The molecule has 0 aromatic rings. The van der Waals surface area contributed by atoms with Gasteiger partial charge in [0, 0.05) is 35.3 Å². The van der Waals surface area contributed by atoms with Crippen LogP contribution in [0.15, 0.2) is 0 Å².